The maximum absolute atomic E-state index is 11.7. The molecule has 0 spiro atoms. The zero-order valence-electron chi connectivity index (χ0n) is 21.3. The summed E-state index contributed by atoms with van der Waals surface area (Å²) in [6.07, 6.45) is 15.8. The van der Waals surface area contributed by atoms with Gasteiger partial charge in [-0.2, -0.15) is 18.8 Å². The average molecular weight is 613 g/mol. The third-order valence-electron chi connectivity index (χ3n) is 5.37. The minimum Gasteiger partial charge on any atom is -0.369 e. The number of nitrogens with zero attached hydrogens (tertiary/aromatic N) is 2. The topological polar surface area (TPSA) is 58.7 Å². The molecule has 0 aromatic carbocycles. The number of carbonyl (C=O) groups excluding carboxylic acids is 1. The molecule has 2 aliphatic rings. The summed E-state index contributed by atoms with van der Waals surface area (Å²) in [5, 5.41) is 0. The maximum Gasteiger partial charge on any atom is 0.253 e. The number of hydrogen-bond acceptors (Lipinski definition) is 3. The Morgan fingerprint density at radius 3 is 1.84 bits per heavy atom. The molecule has 0 saturated heterocycles. The largest absolute Gasteiger partial charge is 0.369 e. The van der Waals surface area contributed by atoms with E-state index in [1.807, 2.05) is 0 Å². The fourth-order valence-electron chi connectivity index (χ4n) is 3.04. The molecule has 1 heterocycles. The fraction of sp³-hybridized carbons (Fsp3) is 0.808. The molecule has 0 radical (unpaired) electrons. The summed E-state index contributed by atoms with van der Waals surface area (Å²) >= 11 is 0. The number of rotatable bonds is 7. The van der Waals surface area contributed by atoms with Gasteiger partial charge < -0.3 is 26.5 Å². The molecule has 1 aliphatic heterocycles. The van der Waals surface area contributed by atoms with E-state index in [1.54, 1.807) is 7.05 Å². The molecular formula is C26H52N3OOs-3. The van der Waals surface area contributed by atoms with E-state index in [9.17, 15) is 4.79 Å². The van der Waals surface area contributed by atoms with Crippen molar-refractivity contribution in [1.82, 2.24) is 4.90 Å². The van der Waals surface area contributed by atoms with Crippen molar-refractivity contribution in [2.24, 2.45) is 22.6 Å². The fourth-order valence-corrected chi connectivity index (χ4v) is 3.04. The number of aliphatic imine (C=N–C) groups is 1. The first-order valence-electron chi connectivity index (χ1n) is 12.3. The molecule has 2 atom stereocenters. The summed E-state index contributed by atoms with van der Waals surface area (Å²) in [6, 6.07) is -0.202. The minimum atomic E-state index is -0.202. The molecule has 2 N–H and O–H groups in total. The molecule has 2 unspecified atom stereocenters. The molecule has 31 heavy (non-hydrogen) atoms. The second-order valence-corrected chi connectivity index (χ2v) is 8.58. The van der Waals surface area contributed by atoms with Crippen LogP contribution in [-0.2, 0) is 24.6 Å². The smallest absolute Gasteiger partial charge is 0.253 e. The van der Waals surface area contributed by atoms with Gasteiger partial charge in [-0.25, -0.2) is 4.99 Å². The van der Waals surface area contributed by atoms with Gasteiger partial charge in [0, 0.05) is 26.8 Å². The molecule has 1 amide bonds. The van der Waals surface area contributed by atoms with Crippen LogP contribution in [0.2, 0.25) is 0 Å². The van der Waals surface area contributed by atoms with E-state index in [1.165, 1.54) is 56.3 Å². The van der Waals surface area contributed by atoms with Crippen LogP contribution in [-0.4, -0.2) is 29.9 Å². The first-order chi connectivity index (χ1) is 14.3. The van der Waals surface area contributed by atoms with Crippen molar-refractivity contribution in [3.8, 4) is 0 Å². The number of hydrogen-bond donors (Lipinski definition) is 1. The first kappa shape index (κ1) is 35.2. The van der Waals surface area contributed by atoms with Crippen LogP contribution in [0.5, 0.6) is 0 Å². The van der Waals surface area contributed by atoms with Crippen LogP contribution in [0.25, 0.3) is 0 Å². The monoisotopic (exact) mass is 614 g/mol. The Hall–Kier alpha value is -0.424. The Kier molecular flexibility index (Phi) is 27.5. The number of guanidine groups is 1. The Balaban J connectivity index is -0.000000436. The third kappa shape index (κ3) is 20.0. The Morgan fingerprint density at radius 2 is 1.55 bits per heavy atom. The Bertz CT molecular complexity index is 413. The van der Waals surface area contributed by atoms with Crippen molar-refractivity contribution in [3.05, 3.63) is 20.8 Å². The average Bonchev–Trinajstić information content (AvgIpc) is 3.00. The van der Waals surface area contributed by atoms with E-state index in [0.29, 0.717) is 11.9 Å². The summed E-state index contributed by atoms with van der Waals surface area (Å²) < 4.78 is 0. The first-order valence-corrected chi connectivity index (χ1v) is 12.3. The number of carbonyl (C=O) groups is 1. The molecule has 1 fully saturated rings. The van der Waals surface area contributed by atoms with Crippen molar-refractivity contribution >= 4 is 11.9 Å². The molecule has 0 bridgehead atoms. The van der Waals surface area contributed by atoms with Gasteiger partial charge in [-0.1, -0.05) is 79.1 Å². The molecule has 188 valence electrons. The van der Waals surface area contributed by atoms with Gasteiger partial charge in [0.2, 0.25) is 0 Å². The second-order valence-electron chi connectivity index (χ2n) is 8.58. The van der Waals surface area contributed by atoms with Crippen LogP contribution >= 0.6 is 0 Å². The van der Waals surface area contributed by atoms with Gasteiger partial charge in [0.25, 0.3) is 5.91 Å². The van der Waals surface area contributed by atoms with Crippen molar-refractivity contribution in [1.29, 1.82) is 0 Å². The predicted octanol–water partition coefficient (Wildman–Crippen LogP) is 7.00. The normalized spacial score (nSPS) is 18.8. The van der Waals surface area contributed by atoms with Crippen LogP contribution in [0.4, 0.5) is 0 Å². The number of likely N-dealkylation sites (N-methyl/N-ethyl adjacent to an activating group) is 1. The zero-order valence-corrected chi connectivity index (χ0v) is 23.8. The van der Waals surface area contributed by atoms with Crippen LogP contribution < -0.4 is 5.73 Å². The van der Waals surface area contributed by atoms with Crippen LogP contribution in [0.15, 0.2) is 4.99 Å². The van der Waals surface area contributed by atoms with Crippen molar-refractivity contribution in [2.75, 3.05) is 7.05 Å². The van der Waals surface area contributed by atoms with Crippen LogP contribution in [0.1, 0.15) is 111 Å². The summed E-state index contributed by atoms with van der Waals surface area (Å²) in [4.78, 5) is 17.4. The summed E-state index contributed by atoms with van der Waals surface area (Å²) in [5.41, 5.74) is 5.62. The SMILES string of the molecule is CCCC.CN1C(=O)C(CCC2CCCCC2)N=C1N.[CH2-]CCC.[CH2-]CCC([CH2-])C.[Os]. The standard InChI is InChI=1S/C12H21N3O.C6H12.C4H10.C4H9.Os/c1-15-11(16)10(14-12(15)13)8-7-9-5-3-2-4-6-9;1-4-5-6(2)3;2*1-3-4-2;/h9-10H,2-8H2,1H3,(H2,13,14);6H,1-2,4-5H2,3H3;3-4H2,1-2H3;1,3-4H2,2H3;/q;-2;;-1;. The molecule has 0 aromatic heterocycles. The van der Waals surface area contributed by atoms with E-state index in [2.05, 4.69) is 53.5 Å². The molecule has 1 saturated carbocycles. The van der Waals surface area contributed by atoms with Crippen molar-refractivity contribution in [2.45, 2.75) is 117 Å². The van der Waals surface area contributed by atoms with Crippen molar-refractivity contribution < 1.29 is 24.6 Å². The van der Waals surface area contributed by atoms with Crippen molar-refractivity contribution in [3.63, 3.8) is 0 Å². The zero-order chi connectivity index (χ0) is 23.4. The summed E-state index contributed by atoms with van der Waals surface area (Å²) in [5.74, 6) is 1.83. The maximum atomic E-state index is 11.7. The quantitative estimate of drug-likeness (QED) is 0.315. The molecule has 2 rings (SSSR count). The third-order valence-corrected chi connectivity index (χ3v) is 5.37. The van der Waals surface area contributed by atoms with Gasteiger partial charge in [-0.15, -0.1) is 6.42 Å². The molecular weight excluding hydrogens is 561 g/mol. The second kappa shape index (κ2) is 24.2. The Labute approximate surface area is 208 Å². The van der Waals surface area contributed by atoms with E-state index >= 15 is 0 Å². The summed E-state index contributed by atoms with van der Waals surface area (Å²) in [6.45, 7) is 19.7. The predicted molar refractivity (Wildman–Crippen MR) is 134 cm³/mol. The number of nitrogens with two attached hydrogens (primary N) is 1. The van der Waals surface area contributed by atoms with E-state index in [4.69, 9.17) is 5.73 Å². The van der Waals surface area contributed by atoms with Gasteiger partial charge in [0.05, 0.1) is 0 Å². The molecule has 1 aliphatic carbocycles. The van der Waals surface area contributed by atoms with Gasteiger partial charge in [0.15, 0.2) is 5.96 Å². The van der Waals surface area contributed by atoms with Gasteiger partial charge in [0.1, 0.15) is 6.04 Å². The van der Waals surface area contributed by atoms with E-state index < -0.39 is 0 Å². The number of unbranched alkanes of at least 4 members (excludes halogenated alkanes) is 2. The minimum absolute atomic E-state index is 0. The van der Waals surface area contributed by atoms with Crippen LogP contribution in [0, 0.1) is 32.6 Å². The Morgan fingerprint density at radius 1 is 1.03 bits per heavy atom. The van der Waals surface area contributed by atoms with Gasteiger partial charge in [-0.05, 0) is 18.8 Å². The van der Waals surface area contributed by atoms with Gasteiger partial charge >= 0.3 is 0 Å². The van der Waals surface area contributed by atoms with E-state index in [0.717, 1.165) is 38.0 Å². The van der Waals surface area contributed by atoms with Gasteiger partial charge in [-0.3, -0.25) is 9.69 Å². The molecule has 0 aromatic rings. The summed E-state index contributed by atoms with van der Waals surface area (Å²) in [7, 11) is 1.70. The molecule has 4 nitrogen and oxygen atoms in total. The number of amides is 1. The van der Waals surface area contributed by atoms with Crippen LogP contribution in [0.3, 0.4) is 0 Å². The molecule has 5 heteroatoms. The van der Waals surface area contributed by atoms with E-state index in [-0.39, 0.29) is 31.7 Å².